The predicted molar refractivity (Wildman–Crippen MR) is 70.3 cm³/mol. The van der Waals surface area contributed by atoms with E-state index in [0.717, 1.165) is 23.1 Å². The van der Waals surface area contributed by atoms with Crippen molar-refractivity contribution in [2.75, 3.05) is 24.2 Å². The lowest BCUT2D eigenvalue weighted by atomic mass is 10.6. The fourth-order valence-corrected chi connectivity index (χ4v) is 2.52. The van der Waals surface area contributed by atoms with Crippen LogP contribution in [0.3, 0.4) is 0 Å². The van der Waals surface area contributed by atoms with Gasteiger partial charge in [0.15, 0.2) is 4.34 Å². The van der Waals surface area contributed by atoms with Crippen LogP contribution in [0.2, 0.25) is 0 Å². The van der Waals surface area contributed by atoms with Crippen LogP contribution in [0.15, 0.2) is 4.34 Å². The van der Waals surface area contributed by atoms with Crippen molar-refractivity contribution in [1.29, 1.82) is 0 Å². The first-order valence-electron chi connectivity index (χ1n) is 5.53. The summed E-state index contributed by atoms with van der Waals surface area (Å²) in [5, 5.41) is 11.5. The number of carbonyl (C=O) groups is 2. The zero-order valence-corrected chi connectivity index (χ0v) is 12.3. The second kappa shape index (κ2) is 8.02. The molecule has 1 aromatic rings. The third kappa shape index (κ3) is 7.70. The Bertz CT molecular complexity index is 495. The fraction of sp³-hybridized carbons (Fsp3) is 0.556. The average Bonchev–Trinajstić information content (AvgIpc) is 2.81. The van der Waals surface area contributed by atoms with E-state index in [9.17, 15) is 22.8 Å². The van der Waals surface area contributed by atoms with E-state index in [-0.39, 0.29) is 17.5 Å². The van der Waals surface area contributed by atoms with Crippen molar-refractivity contribution >= 4 is 40.2 Å². The van der Waals surface area contributed by atoms with Crippen LogP contribution in [0.25, 0.3) is 0 Å². The van der Waals surface area contributed by atoms with Crippen molar-refractivity contribution in [3.63, 3.8) is 0 Å². The van der Waals surface area contributed by atoms with Crippen LogP contribution in [0.4, 0.5) is 23.1 Å². The van der Waals surface area contributed by atoms with Crippen molar-refractivity contribution in [2.45, 2.75) is 17.4 Å². The SMILES string of the molecule is CCOC(=O)Nc1nnc(SCC(=O)NCC(F)(F)F)s1. The van der Waals surface area contributed by atoms with Crippen LogP contribution >= 0.6 is 23.1 Å². The maximum atomic E-state index is 11.9. The van der Waals surface area contributed by atoms with Gasteiger partial charge in [0.1, 0.15) is 6.54 Å². The van der Waals surface area contributed by atoms with Crippen molar-refractivity contribution in [1.82, 2.24) is 15.5 Å². The number of ether oxygens (including phenoxy) is 1. The molecule has 7 nitrogen and oxygen atoms in total. The highest BCUT2D eigenvalue weighted by Gasteiger charge is 2.27. The molecule has 1 heterocycles. The van der Waals surface area contributed by atoms with Gasteiger partial charge in [-0.1, -0.05) is 23.1 Å². The second-order valence-electron chi connectivity index (χ2n) is 3.40. The lowest BCUT2D eigenvalue weighted by molar-refractivity contribution is -0.136. The van der Waals surface area contributed by atoms with E-state index in [0.29, 0.717) is 4.34 Å². The Balaban J connectivity index is 2.34. The molecule has 12 heteroatoms. The summed E-state index contributed by atoms with van der Waals surface area (Å²) in [4.78, 5) is 22.3. The van der Waals surface area contributed by atoms with Crippen molar-refractivity contribution < 1.29 is 27.5 Å². The molecule has 2 N–H and O–H groups in total. The molecule has 2 amide bonds. The van der Waals surface area contributed by atoms with E-state index in [1.807, 2.05) is 0 Å². The second-order valence-corrected chi connectivity index (χ2v) is 5.60. The molecule has 0 spiro atoms. The summed E-state index contributed by atoms with van der Waals surface area (Å²) >= 11 is 1.89. The smallest absolute Gasteiger partial charge is 0.413 e. The minimum absolute atomic E-state index is 0.173. The standard InChI is InChI=1S/C9H11F3N4O3S2/c1-2-19-7(18)14-6-15-16-8(21-6)20-3-5(17)13-4-9(10,11)12/h2-4H2,1H3,(H,13,17)(H,14,15,18). The number of anilines is 1. The Morgan fingerprint density at radius 2 is 2.10 bits per heavy atom. The number of aromatic nitrogens is 2. The van der Waals surface area contributed by atoms with E-state index in [1.54, 1.807) is 12.2 Å². The minimum atomic E-state index is -4.44. The van der Waals surface area contributed by atoms with E-state index in [1.165, 1.54) is 0 Å². The summed E-state index contributed by atoms with van der Waals surface area (Å²) in [5.74, 6) is -1.00. The van der Waals surface area contributed by atoms with Crippen molar-refractivity contribution in [3.05, 3.63) is 0 Å². The zero-order valence-electron chi connectivity index (χ0n) is 10.7. The molecular weight excluding hydrogens is 333 g/mol. The van der Waals surface area contributed by atoms with Crippen LogP contribution < -0.4 is 10.6 Å². The molecule has 21 heavy (non-hydrogen) atoms. The van der Waals surface area contributed by atoms with Crippen LogP contribution in [-0.4, -0.2) is 47.3 Å². The van der Waals surface area contributed by atoms with Crippen LogP contribution in [0.1, 0.15) is 6.92 Å². The highest BCUT2D eigenvalue weighted by Crippen LogP contribution is 2.25. The maximum Gasteiger partial charge on any atom is 0.413 e. The number of amides is 2. The van der Waals surface area contributed by atoms with Gasteiger partial charge in [0.25, 0.3) is 0 Å². The number of carbonyl (C=O) groups excluding carboxylic acids is 2. The van der Waals surface area contributed by atoms with Gasteiger partial charge in [-0.25, -0.2) is 4.79 Å². The molecule has 1 rings (SSSR count). The Hall–Kier alpha value is -1.56. The summed E-state index contributed by atoms with van der Waals surface area (Å²) in [6.07, 6.45) is -5.13. The summed E-state index contributed by atoms with van der Waals surface area (Å²) < 4.78 is 40.6. The van der Waals surface area contributed by atoms with Crippen molar-refractivity contribution in [3.8, 4) is 0 Å². The maximum absolute atomic E-state index is 11.9. The molecule has 0 aromatic carbocycles. The van der Waals surface area contributed by atoms with Gasteiger partial charge in [0.05, 0.1) is 12.4 Å². The summed E-state index contributed by atoms with van der Waals surface area (Å²) in [7, 11) is 0. The van der Waals surface area contributed by atoms with Gasteiger partial charge in [-0.05, 0) is 6.92 Å². The normalized spacial score (nSPS) is 11.0. The van der Waals surface area contributed by atoms with E-state index < -0.39 is 24.7 Å². The number of rotatable bonds is 6. The van der Waals surface area contributed by atoms with E-state index in [2.05, 4.69) is 20.3 Å². The number of hydrogen-bond donors (Lipinski definition) is 2. The molecule has 0 saturated heterocycles. The molecule has 1 aromatic heterocycles. The number of halogens is 3. The molecular formula is C9H11F3N4O3S2. The molecule has 0 aliphatic rings. The molecule has 118 valence electrons. The van der Waals surface area contributed by atoms with Crippen LogP contribution in [0, 0.1) is 0 Å². The first kappa shape index (κ1) is 17.5. The average molecular weight is 344 g/mol. The number of thioether (sulfide) groups is 1. The van der Waals surface area contributed by atoms with Crippen molar-refractivity contribution in [2.24, 2.45) is 0 Å². The number of nitrogens with one attached hydrogen (secondary N) is 2. The molecule has 0 radical (unpaired) electrons. The summed E-state index contributed by atoms with van der Waals surface area (Å²) in [6.45, 7) is 0.463. The van der Waals surface area contributed by atoms with Gasteiger partial charge in [-0.3, -0.25) is 10.1 Å². The predicted octanol–water partition coefficient (Wildman–Crippen LogP) is 1.88. The first-order chi connectivity index (χ1) is 9.80. The molecule has 0 atom stereocenters. The number of nitrogens with zero attached hydrogens (tertiary/aromatic N) is 2. The molecule has 0 unspecified atom stereocenters. The lowest BCUT2D eigenvalue weighted by Crippen LogP contribution is -2.34. The van der Waals surface area contributed by atoms with E-state index in [4.69, 9.17) is 0 Å². The van der Waals surface area contributed by atoms with Gasteiger partial charge in [-0.2, -0.15) is 13.2 Å². The lowest BCUT2D eigenvalue weighted by Gasteiger charge is -2.07. The number of alkyl halides is 3. The third-order valence-electron chi connectivity index (χ3n) is 1.70. The van der Waals surface area contributed by atoms with Gasteiger partial charge >= 0.3 is 12.3 Å². The van der Waals surface area contributed by atoms with Crippen LogP contribution in [0.5, 0.6) is 0 Å². The van der Waals surface area contributed by atoms with Gasteiger partial charge in [-0.15, -0.1) is 10.2 Å². The molecule has 0 aliphatic carbocycles. The third-order valence-corrected chi connectivity index (χ3v) is 3.68. The summed E-state index contributed by atoms with van der Waals surface area (Å²) in [6, 6.07) is 0. The fourth-order valence-electron chi connectivity index (χ4n) is 0.950. The summed E-state index contributed by atoms with van der Waals surface area (Å²) in [5.41, 5.74) is 0. The largest absolute Gasteiger partial charge is 0.450 e. The Morgan fingerprint density at radius 1 is 1.38 bits per heavy atom. The highest BCUT2D eigenvalue weighted by atomic mass is 32.2. The topological polar surface area (TPSA) is 93.2 Å². The van der Waals surface area contributed by atoms with E-state index >= 15 is 0 Å². The molecule has 0 fully saturated rings. The molecule has 0 bridgehead atoms. The first-order valence-corrected chi connectivity index (χ1v) is 7.34. The van der Waals surface area contributed by atoms with Gasteiger partial charge in [0, 0.05) is 0 Å². The van der Waals surface area contributed by atoms with Gasteiger partial charge in [0.2, 0.25) is 11.0 Å². The molecule has 0 saturated carbocycles. The Labute approximate surface area is 125 Å². The Morgan fingerprint density at radius 3 is 2.71 bits per heavy atom. The monoisotopic (exact) mass is 344 g/mol. The van der Waals surface area contributed by atoms with Gasteiger partial charge < -0.3 is 10.1 Å². The Kier molecular flexibility index (Phi) is 6.68. The zero-order chi connectivity index (χ0) is 15.9. The molecule has 0 aliphatic heterocycles. The quantitative estimate of drug-likeness (QED) is 0.605. The van der Waals surface area contributed by atoms with Crippen LogP contribution in [-0.2, 0) is 9.53 Å². The highest BCUT2D eigenvalue weighted by molar-refractivity contribution is 8.01. The minimum Gasteiger partial charge on any atom is -0.450 e. The number of hydrogen-bond acceptors (Lipinski definition) is 7.